The minimum atomic E-state index is -3.66. The first-order chi connectivity index (χ1) is 9.84. The summed E-state index contributed by atoms with van der Waals surface area (Å²) in [6.07, 6.45) is 0. The molecule has 2 N–H and O–H groups in total. The molecule has 0 amide bonds. The molecule has 1 unspecified atom stereocenters. The summed E-state index contributed by atoms with van der Waals surface area (Å²) in [4.78, 5) is 0.155. The molecular weight excluding hydrogens is 360 g/mol. The number of hydrogen-bond donors (Lipinski definition) is 1. The van der Waals surface area contributed by atoms with Crippen LogP contribution in [0.15, 0.2) is 27.6 Å². The maximum Gasteiger partial charge on any atom is 0.243 e. The van der Waals surface area contributed by atoms with Crippen LogP contribution >= 0.6 is 15.9 Å². The van der Waals surface area contributed by atoms with Crippen molar-refractivity contribution in [2.24, 2.45) is 0 Å². The first-order valence-corrected chi connectivity index (χ1v) is 8.62. The van der Waals surface area contributed by atoms with Crippen molar-refractivity contribution in [1.29, 1.82) is 0 Å². The molecule has 0 heterocycles. The number of nitrogens with zero attached hydrogens (tertiary/aromatic N) is 1. The molecular formula is C13H21BrN2O4S. The van der Waals surface area contributed by atoms with E-state index in [9.17, 15) is 8.42 Å². The summed E-state index contributed by atoms with van der Waals surface area (Å²) in [5.41, 5.74) is 6.15. The molecule has 0 fully saturated rings. The number of methoxy groups -OCH3 is 2. The first-order valence-electron chi connectivity index (χ1n) is 6.39. The van der Waals surface area contributed by atoms with Crippen LogP contribution in [0.2, 0.25) is 0 Å². The molecule has 21 heavy (non-hydrogen) atoms. The predicted octanol–water partition coefficient (Wildman–Crippen LogP) is 1.70. The van der Waals surface area contributed by atoms with Gasteiger partial charge in [0.1, 0.15) is 0 Å². The maximum atomic E-state index is 12.8. The Labute approximate surface area is 134 Å². The van der Waals surface area contributed by atoms with Crippen molar-refractivity contribution < 1.29 is 17.9 Å². The number of halogens is 1. The van der Waals surface area contributed by atoms with Gasteiger partial charge in [0.15, 0.2) is 0 Å². The Morgan fingerprint density at radius 3 is 2.52 bits per heavy atom. The van der Waals surface area contributed by atoms with Crippen molar-refractivity contribution in [2.45, 2.75) is 17.9 Å². The van der Waals surface area contributed by atoms with Gasteiger partial charge in [-0.1, -0.05) is 0 Å². The molecule has 0 aliphatic heterocycles. The topological polar surface area (TPSA) is 81.9 Å². The number of ether oxygens (including phenoxy) is 2. The van der Waals surface area contributed by atoms with Crippen molar-refractivity contribution in [3.63, 3.8) is 0 Å². The summed E-state index contributed by atoms with van der Waals surface area (Å²) < 4.78 is 37.6. The lowest BCUT2D eigenvalue weighted by atomic mass is 10.3. The highest BCUT2D eigenvalue weighted by atomic mass is 79.9. The Kier molecular flexibility index (Phi) is 7.08. The molecule has 1 atom stereocenters. The summed E-state index contributed by atoms with van der Waals surface area (Å²) in [5, 5.41) is 0. The quantitative estimate of drug-likeness (QED) is 0.694. The van der Waals surface area contributed by atoms with Crippen LogP contribution in [0.3, 0.4) is 0 Å². The maximum absolute atomic E-state index is 12.8. The molecule has 0 saturated carbocycles. The fraction of sp³-hybridized carbons (Fsp3) is 0.538. The summed E-state index contributed by atoms with van der Waals surface area (Å²) in [7, 11) is -0.593. The molecule has 1 aromatic rings. The Balaban J connectivity index is 3.15. The highest BCUT2D eigenvalue weighted by Gasteiger charge is 2.29. The van der Waals surface area contributed by atoms with Gasteiger partial charge in [-0.2, -0.15) is 4.31 Å². The van der Waals surface area contributed by atoms with E-state index in [1.165, 1.54) is 30.7 Å². The average Bonchev–Trinajstić information content (AvgIpc) is 2.42. The Morgan fingerprint density at radius 2 is 2.00 bits per heavy atom. The summed E-state index contributed by atoms with van der Waals surface area (Å²) in [6, 6.07) is 4.28. The Bertz CT molecular complexity index is 565. The number of nitrogens with two attached hydrogens (primary N) is 1. The normalized spacial score (nSPS) is 13.6. The second kappa shape index (κ2) is 8.09. The van der Waals surface area contributed by atoms with Crippen LogP contribution in [0.25, 0.3) is 0 Å². The van der Waals surface area contributed by atoms with E-state index in [2.05, 4.69) is 15.9 Å². The smallest absolute Gasteiger partial charge is 0.243 e. The van der Waals surface area contributed by atoms with E-state index in [4.69, 9.17) is 15.2 Å². The fourth-order valence-electron chi connectivity index (χ4n) is 1.90. The van der Waals surface area contributed by atoms with Gasteiger partial charge in [0, 0.05) is 37.0 Å². The van der Waals surface area contributed by atoms with Crippen LogP contribution in [-0.4, -0.2) is 52.7 Å². The number of benzene rings is 1. The summed E-state index contributed by atoms with van der Waals surface area (Å²) in [6.45, 7) is 2.65. The van der Waals surface area contributed by atoms with Gasteiger partial charge in [-0.25, -0.2) is 8.42 Å². The molecule has 1 rings (SSSR count). The van der Waals surface area contributed by atoms with E-state index in [0.717, 1.165) is 0 Å². The van der Waals surface area contributed by atoms with Gasteiger partial charge in [-0.3, -0.25) is 0 Å². The second-order valence-corrected chi connectivity index (χ2v) is 7.34. The van der Waals surface area contributed by atoms with Gasteiger partial charge in [-0.15, -0.1) is 0 Å². The van der Waals surface area contributed by atoms with E-state index in [1.807, 2.05) is 0 Å². The van der Waals surface area contributed by atoms with Crippen LogP contribution < -0.4 is 5.73 Å². The second-order valence-electron chi connectivity index (χ2n) is 4.60. The number of nitrogen functional groups attached to an aromatic ring is 1. The third kappa shape index (κ3) is 4.65. The average molecular weight is 381 g/mol. The molecule has 0 aromatic heterocycles. The Morgan fingerprint density at radius 1 is 1.33 bits per heavy atom. The van der Waals surface area contributed by atoms with E-state index in [-0.39, 0.29) is 17.5 Å². The van der Waals surface area contributed by atoms with Crippen molar-refractivity contribution in [3.05, 3.63) is 22.7 Å². The van der Waals surface area contributed by atoms with Crippen LogP contribution in [0, 0.1) is 0 Å². The van der Waals surface area contributed by atoms with Gasteiger partial charge in [-0.05, 0) is 41.1 Å². The molecule has 6 nitrogen and oxygen atoms in total. The van der Waals surface area contributed by atoms with Gasteiger partial charge in [0.2, 0.25) is 10.0 Å². The molecule has 8 heteroatoms. The molecule has 1 aromatic carbocycles. The molecule has 120 valence electrons. The summed E-state index contributed by atoms with van der Waals surface area (Å²) >= 11 is 3.26. The van der Waals surface area contributed by atoms with Gasteiger partial charge < -0.3 is 15.2 Å². The minimum absolute atomic E-state index is 0.155. The largest absolute Gasteiger partial charge is 0.398 e. The highest BCUT2D eigenvalue weighted by Crippen LogP contribution is 2.25. The van der Waals surface area contributed by atoms with Crippen LogP contribution in [-0.2, 0) is 19.5 Å². The molecule has 0 saturated heterocycles. The van der Waals surface area contributed by atoms with Crippen LogP contribution in [0.5, 0.6) is 0 Å². The van der Waals surface area contributed by atoms with Crippen LogP contribution in [0.4, 0.5) is 5.69 Å². The van der Waals surface area contributed by atoms with E-state index in [0.29, 0.717) is 23.4 Å². The minimum Gasteiger partial charge on any atom is -0.398 e. The molecule has 0 bridgehead atoms. The lowest BCUT2D eigenvalue weighted by Crippen LogP contribution is -2.42. The number of rotatable bonds is 8. The number of hydrogen-bond acceptors (Lipinski definition) is 5. The number of sulfonamides is 1. The Hall–Kier alpha value is -0.670. The molecule has 0 aliphatic carbocycles. The standard InChI is InChI=1S/C13H21BrN2O4S/c1-10(9-20-3)16(6-7-19-2)21(17,18)11-4-5-12(14)13(15)8-11/h4-5,8,10H,6-7,9,15H2,1-3H3. The number of anilines is 1. The van der Waals surface area contributed by atoms with Crippen molar-refractivity contribution in [1.82, 2.24) is 4.31 Å². The molecule has 0 radical (unpaired) electrons. The monoisotopic (exact) mass is 380 g/mol. The SMILES string of the molecule is COCCN(C(C)COC)S(=O)(=O)c1ccc(Br)c(N)c1. The lowest BCUT2D eigenvalue weighted by Gasteiger charge is -2.27. The zero-order valence-electron chi connectivity index (χ0n) is 12.4. The third-order valence-corrected chi connectivity index (χ3v) is 5.72. The lowest BCUT2D eigenvalue weighted by molar-refractivity contribution is 0.119. The van der Waals surface area contributed by atoms with Gasteiger partial charge >= 0.3 is 0 Å². The van der Waals surface area contributed by atoms with E-state index in [1.54, 1.807) is 13.0 Å². The van der Waals surface area contributed by atoms with Gasteiger partial charge in [0.25, 0.3) is 0 Å². The third-order valence-electron chi connectivity index (χ3n) is 2.99. The van der Waals surface area contributed by atoms with Crippen LogP contribution in [0.1, 0.15) is 6.92 Å². The van der Waals surface area contributed by atoms with E-state index >= 15 is 0 Å². The predicted molar refractivity (Wildman–Crippen MR) is 85.7 cm³/mol. The highest BCUT2D eigenvalue weighted by molar-refractivity contribution is 9.10. The van der Waals surface area contributed by atoms with E-state index < -0.39 is 10.0 Å². The van der Waals surface area contributed by atoms with Crippen molar-refractivity contribution in [2.75, 3.05) is 39.7 Å². The first kappa shape index (κ1) is 18.4. The zero-order chi connectivity index (χ0) is 16.0. The van der Waals surface area contributed by atoms with Crippen molar-refractivity contribution >= 4 is 31.6 Å². The molecule has 0 spiro atoms. The van der Waals surface area contributed by atoms with Gasteiger partial charge in [0.05, 0.1) is 18.1 Å². The fourth-order valence-corrected chi connectivity index (χ4v) is 3.78. The zero-order valence-corrected chi connectivity index (χ0v) is 14.8. The van der Waals surface area contributed by atoms with Crippen molar-refractivity contribution in [3.8, 4) is 0 Å². The summed E-state index contributed by atoms with van der Waals surface area (Å²) in [5.74, 6) is 0. The molecule has 0 aliphatic rings.